The zero-order chi connectivity index (χ0) is 14.0. The van der Waals surface area contributed by atoms with Crippen LogP contribution in [0, 0.1) is 11.2 Å². The largest absolute Gasteiger partial charge is 0.478 e. The molecule has 1 unspecified atom stereocenters. The van der Waals surface area contributed by atoms with Crippen molar-refractivity contribution in [3.05, 3.63) is 29.6 Å². The molecule has 0 saturated heterocycles. The lowest BCUT2D eigenvalue weighted by Gasteiger charge is -2.39. The van der Waals surface area contributed by atoms with E-state index in [0.717, 1.165) is 25.3 Å². The van der Waals surface area contributed by atoms with Gasteiger partial charge >= 0.3 is 5.97 Å². The third-order valence-corrected chi connectivity index (χ3v) is 4.05. The van der Waals surface area contributed by atoms with E-state index in [0.29, 0.717) is 5.69 Å². The number of anilines is 1. The monoisotopic (exact) mass is 265 g/mol. The van der Waals surface area contributed by atoms with Gasteiger partial charge in [-0.3, -0.25) is 0 Å². The SMILES string of the molecule is CC1(C)CCCCC1Nc1ccc(F)cc1C(=O)O. The van der Waals surface area contributed by atoms with Gasteiger partial charge in [0.25, 0.3) is 0 Å². The van der Waals surface area contributed by atoms with Crippen LogP contribution < -0.4 is 5.32 Å². The summed E-state index contributed by atoms with van der Waals surface area (Å²) in [5.41, 5.74) is 0.637. The van der Waals surface area contributed by atoms with Crippen LogP contribution in [0.1, 0.15) is 49.9 Å². The number of rotatable bonds is 3. The Kier molecular flexibility index (Phi) is 3.78. The highest BCUT2D eigenvalue weighted by Gasteiger charge is 2.32. The highest BCUT2D eigenvalue weighted by atomic mass is 19.1. The van der Waals surface area contributed by atoms with Crippen LogP contribution in [0.5, 0.6) is 0 Å². The van der Waals surface area contributed by atoms with Crippen LogP contribution in [0.2, 0.25) is 0 Å². The Morgan fingerprint density at radius 1 is 1.42 bits per heavy atom. The van der Waals surface area contributed by atoms with Crippen molar-refractivity contribution in [3.63, 3.8) is 0 Å². The van der Waals surface area contributed by atoms with Crippen molar-refractivity contribution in [1.82, 2.24) is 0 Å². The molecule has 1 aromatic rings. The second-order valence-corrected chi connectivity index (χ2v) is 5.93. The Morgan fingerprint density at radius 3 is 2.79 bits per heavy atom. The van der Waals surface area contributed by atoms with Gasteiger partial charge in [0.15, 0.2) is 0 Å². The second kappa shape index (κ2) is 5.19. The molecule has 0 bridgehead atoms. The number of hydrogen-bond donors (Lipinski definition) is 2. The number of aromatic carboxylic acids is 1. The molecular weight excluding hydrogens is 245 g/mol. The minimum absolute atomic E-state index is 0.00127. The van der Waals surface area contributed by atoms with E-state index in [1.807, 2.05) is 0 Å². The van der Waals surface area contributed by atoms with Crippen molar-refractivity contribution >= 4 is 11.7 Å². The van der Waals surface area contributed by atoms with E-state index < -0.39 is 11.8 Å². The first-order valence-electron chi connectivity index (χ1n) is 6.69. The molecule has 3 nitrogen and oxygen atoms in total. The lowest BCUT2D eigenvalue weighted by molar-refractivity contribution is 0.0697. The van der Waals surface area contributed by atoms with Crippen molar-refractivity contribution in [2.24, 2.45) is 5.41 Å². The van der Waals surface area contributed by atoms with Gasteiger partial charge in [-0.2, -0.15) is 0 Å². The fourth-order valence-electron chi connectivity index (χ4n) is 2.77. The van der Waals surface area contributed by atoms with Crippen LogP contribution in [-0.4, -0.2) is 17.1 Å². The summed E-state index contributed by atoms with van der Waals surface area (Å²) in [5.74, 6) is -1.62. The average Bonchev–Trinajstić information content (AvgIpc) is 2.33. The predicted octanol–water partition coefficient (Wildman–Crippen LogP) is 3.90. The van der Waals surface area contributed by atoms with Gasteiger partial charge < -0.3 is 10.4 Å². The fraction of sp³-hybridized carbons (Fsp3) is 0.533. The highest BCUT2D eigenvalue weighted by Crippen LogP contribution is 2.37. The maximum absolute atomic E-state index is 13.1. The highest BCUT2D eigenvalue weighted by molar-refractivity contribution is 5.94. The summed E-state index contributed by atoms with van der Waals surface area (Å²) in [6.07, 6.45) is 4.49. The van der Waals surface area contributed by atoms with E-state index in [1.165, 1.54) is 18.6 Å². The normalized spacial score (nSPS) is 21.9. The van der Waals surface area contributed by atoms with Gasteiger partial charge in [-0.1, -0.05) is 26.7 Å². The zero-order valence-corrected chi connectivity index (χ0v) is 11.4. The molecule has 0 radical (unpaired) electrons. The van der Waals surface area contributed by atoms with E-state index >= 15 is 0 Å². The second-order valence-electron chi connectivity index (χ2n) is 5.93. The minimum Gasteiger partial charge on any atom is -0.478 e. The summed E-state index contributed by atoms with van der Waals surface area (Å²) in [7, 11) is 0. The summed E-state index contributed by atoms with van der Waals surface area (Å²) >= 11 is 0. The van der Waals surface area contributed by atoms with Crippen molar-refractivity contribution in [1.29, 1.82) is 0 Å². The standard InChI is InChI=1S/C15H20FNO2/c1-15(2)8-4-3-5-13(15)17-12-7-6-10(16)9-11(12)14(18)19/h6-7,9,13,17H,3-5,8H2,1-2H3,(H,18,19). The number of hydrogen-bond acceptors (Lipinski definition) is 2. The molecule has 1 atom stereocenters. The molecule has 104 valence electrons. The smallest absolute Gasteiger partial charge is 0.337 e. The first-order chi connectivity index (χ1) is 8.90. The quantitative estimate of drug-likeness (QED) is 0.871. The van der Waals surface area contributed by atoms with Crippen molar-refractivity contribution in [2.75, 3.05) is 5.32 Å². The van der Waals surface area contributed by atoms with Crippen LogP contribution in [0.25, 0.3) is 0 Å². The molecule has 1 fully saturated rings. The van der Waals surface area contributed by atoms with Gasteiger partial charge in [0, 0.05) is 11.7 Å². The van der Waals surface area contributed by atoms with Gasteiger partial charge in [0.05, 0.1) is 5.56 Å². The van der Waals surface area contributed by atoms with E-state index in [9.17, 15) is 9.18 Å². The molecule has 0 aromatic heterocycles. The zero-order valence-electron chi connectivity index (χ0n) is 11.4. The molecule has 1 saturated carbocycles. The van der Waals surface area contributed by atoms with Gasteiger partial charge in [-0.25, -0.2) is 9.18 Å². The van der Waals surface area contributed by atoms with E-state index in [1.54, 1.807) is 0 Å². The van der Waals surface area contributed by atoms with Gasteiger partial charge in [-0.05, 0) is 36.5 Å². The molecule has 4 heteroatoms. The molecule has 1 aliphatic rings. The Bertz CT molecular complexity index is 485. The minimum atomic E-state index is -1.10. The fourth-order valence-corrected chi connectivity index (χ4v) is 2.77. The lowest BCUT2D eigenvalue weighted by atomic mass is 9.73. The number of benzene rings is 1. The number of carbonyl (C=O) groups is 1. The van der Waals surface area contributed by atoms with Crippen LogP contribution >= 0.6 is 0 Å². The molecule has 1 aliphatic carbocycles. The van der Waals surface area contributed by atoms with Crippen LogP contribution in [0.3, 0.4) is 0 Å². The molecule has 0 heterocycles. The van der Waals surface area contributed by atoms with Crippen molar-refractivity contribution in [3.8, 4) is 0 Å². The van der Waals surface area contributed by atoms with Crippen molar-refractivity contribution in [2.45, 2.75) is 45.6 Å². The summed E-state index contributed by atoms with van der Waals surface area (Å²) in [6.45, 7) is 4.38. The summed E-state index contributed by atoms with van der Waals surface area (Å²) in [4.78, 5) is 11.2. The molecule has 2 rings (SSSR count). The predicted molar refractivity (Wildman–Crippen MR) is 73.0 cm³/mol. The molecule has 0 amide bonds. The number of nitrogens with one attached hydrogen (secondary N) is 1. The first kappa shape index (κ1) is 13.8. The average molecular weight is 265 g/mol. The Balaban J connectivity index is 2.25. The molecule has 1 aromatic carbocycles. The summed E-state index contributed by atoms with van der Waals surface area (Å²) in [5, 5.41) is 12.4. The number of carboxylic acid groups (broad SMARTS) is 1. The van der Waals surface area contributed by atoms with E-state index in [-0.39, 0.29) is 17.0 Å². The third kappa shape index (κ3) is 3.06. The molecular formula is C15H20FNO2. The molecule has 2 N–H and O–H groups in total. The Labute approximate surface area is 112 Å². The lowest BCUT2D eigenvalue weighted by Crippen LogP contribution is -2.39. The number of halogens is 1. The van der Waals surface area contributed by atoms with Gasteiger partial charge in [0.2, 0.25) is 0 Å². The third-order valence-electron chi connectivity index (χ3n) is 4.05. The summed E-state index contributed by atoms with van der Waals surface area (Å²) < 4.78 is 13.1. The maximum atomic E-state index is 13.1. The van der Waals surface area contributed by atoms with Crippen molar-refractivity contribution < 1.29 is 14.3 Å². The maximum Gasteiger partial charge on any atom is 0.337 e. The molecule has 19 heavy (non-hydrogen) atoms. The first-order valence-corrected chi connectivity index (χ1v) is 6.69. The van der Waals surface area contributed by atoms with Crippen LogP contribution in [0.4, 0.5) is 10.1 Å². The molecule has 0 aliphatic heterocycles. The molecule has 0 spiro atoms. The topological polar surface area (TPSA) is 49.3 Å². The van der Waals surface area contributed by atoms with Crippen LogP contribution in [-0.2, 0) is 0 Å². The Hall–Kier alpha value is -1.58. The van der Waals surface area contributed by atoms with Gasteiger partial charge in [0.1, 0.15) is 5.82 Å². The van der Waals surface area contributed by atoms with Crippen LogP contribution in [0.15, 0.2) is 18.2 Å². The van der Waals surface area contributed by atoms with Gasteiger partial charge in [-0.15, -0.1) is 0 Å². The van der Waals surface area contributed by atoms with E-state index in [2.05, 4.69) is 19.2 Å². The number of carboxylic acids is 1. The van der Waals surface area contributed by atoms with E-state index in [4.69, 9.17) is 5.11 Å². The summed E-state index contributed by atoms with van der Waals surface area (Å²) in [6, 6.07) is 4.11. The Morgan fingerprint density at radius 2 is 2.16 bits per heavy atom.